The highest BCUT2D eigenvalue weighted by Crippen LogP contribution is 2.34. The van der Waals surface area contributed by atoms with Crippen molar-refractivity contribution in [2.24, 2.45) is 4.99 Å². The summed E-state index contributed by atoms with van der Waals surface area (Å²) in [6.07, 6.45) is -1.10. The second-order valence-corrected chi connectivity index (χ2v) is 8.99. The number of rotatable bonds is 9. The number of hydrogen-bond acceptors (Lipinski definition) is 4. The Morgan fingerprint density at radius 3 is 2.49 bits per heavy atom. The number of allylic oxidation sites excluding steroid dienone is 3. The molecule has 198 valence electrons. The van der Waals surface area contributed by atoms with E-state index in [1.54, 1.807) is 31.3 Å². The molecule has 0 atom stereocenters. The zero-order valence-electron chi connectivity index (χ0n) is 21.1. The van der Waals surface area contributed by atoms with E-state index in [9.17, 15) is 22.4 Å². The summed E-state index contributed by atoms with van der Waals surface area (Å²) in [5.41, 5.74) is 1.80. The highest BCUT2D eigenvalue weighted by atomic mass is 19.4. The van der Waals surface area contributed by atoms with Gasteiger partial charge in [0.15, 0.2) is 0 Å². The lowest BCUT2D eigenvalue weighted by molar-refractivity contribution is -0.138. The van der Waals surface area contributed by atoms with E-state index in [0.29, 0.717) is 29.9 Å². The van der Waals surface area contributed by atoms with E-state index < -0.39 is 23.5 Å². The molecule has 1 aliphatic heterocycles. The maximum atomic E-state index is 14.7. The van der Waals surface area contributed by atoms with E-state index in [0.717, 1.165) is 24.7 Å². The number of amides is 1. The monoisotopic (exact) mass is 516 g/mol. The molecule has 0 unspecified atom stereocenters. The number of carbonyl (C=O) groups excluding carboxylic acids is 1. The van der Waals surface area contributed by atoms with Crippen LogP contribution < -0.4 is 10.6 Å². The van der Waals surface area contributed by atoms with E-state index in [4.69, 9.17) is 0 Å². The lowest BCUT2D eigenvalue weighted by Gasteiger charge is -2.28. The van der Waals surface area contributed by atoms with Crippen molar-refractivity contribution in [2.75, 3.05) is 31.5 Å². The van der Waals surface area contributed by atoms with Crippen LogP contribution in [0.5, 0.6) is 0 Å². The fourth-order valence-electron chi connectivity index (χ4n) is 4.06. The summed E-state index contributed by atoms with van der Waals surface area (Å²) in [6, 6.07) is 8.57. The predicted octanol–water partition coefficient (Wildman–Crippen LogP) is 5.83. The lowest BCUT2D eigenvalue weighted by Crippen LogP contribution is -2.43. The molecule has 2 aromatic rings. The Morgan fingerprint density at radius 1 is 1.16 bits per heavy atom. The van der Waals surface area contributed by atoms with Crippen LogP contribution in [0.2, 0.25) is 0 Å². The highest BCUT2D eigenvalue weighted by Gasteiger charge is 2.34. The summed E-state index contributed by atoms with van der Waals surface area (Å²) in [5.74, 6) is -0.959. The SMILES string of the molecule is C=C(C)N=C/C(=C\C)c1ccc(CCC(=O)Nc2ccc(CN3CCNCC3)c(C(F)(F)F)c2)c(F)c1. The van der Waals surface area contributed by atoms with Gasteiger partial charge in [-0.25, -0.2) is 4.39 Å². The number of carbonyl (C=O) groups is 1. The third kappa shape index (κ3) is 8.36. The van der Waals surface area contributed by atoms with Crippen molar-refractivity contribution < 1.29 is 22.4 Å². The van der Waals surface area contributed by atoms with Crippen molar-refractivity contribution in [2.45, 2.75) is 39.4 Å². The fraction of sp³-hybridized carbons (Fsp3) is 0.357. The van der Waals surface area contributed by atoms with Crippen molar-refractivity contribution in [3.05, 3.63) is 82.8 Å². The second kappa shape index (κ2) is 12.8. The van der Waals surface area contributed by atoms with Crippen molar-refractivity contribution in [3.8, 4) is 0 Å². The molecule has 0 radical (unpaired) electrons. The summed E-state index contributed by atoms with van der Waals surface area (Å²) in [6.45, 7) is 10.3. The number of piperazine rings is 1. The first-order valence-electron chi connectivity index (χ1n) is 12.1. The zero-order valence-corrected chi connectivity index (χ0v) is 21.1. The molecule has 9 heteroatoms. The molecule has 0 saturated carbocycles. The van der Waals surface area contributed by atoms with Crippen LogP contribution in [-0.4, -0.2) is 43.2 Å². The summed E-state index contributed by atoms with van der Waals surface area (Å²) < 4.78 is 55.9. The van der Waals surface area contributed by atoms with Gasteiger partial charge in [0.2, 0.25) is 5.91 Å². The van der Waals surface area contributed by atoms with Gasteiger partial charge in [-0.1, -0.05) is 30.9 Å². The number of aryl methyl sites for hydroxylation is 1. The zero-order chi connectivity index (χ0) is 27.0. The van der Waals surface area contributed by atoms with Crippen LogP contribution in [0.4, 0.5) is 23.2 Å². The molecule has 1 aliphatic rings. The Kier molecular flexibility index (Phi) is 9.77. The molecule has 3 rings (SSSR count). The van der Waals surface area contributed by atoms with E-state index >= 15 is 0 Å². The maximum Gasteiger partial charge on any atom is 0.416 e. The smallest absolute Gasteiger partial charge is 0.326 e. The van der Waals surface area contributed by atoms with Crippen molar-refractivity contribution in [1.82, 2.24) is 10.2 Å². The molecular formula is C28H32F4N4O. The van der Waals surface area contributed by atoms with Gasteiger partial charge in [-0.05, 0) is 60.7 Å². The number of hydrogen-bond donors (Lipinski definition) is 2. The topological polar surface area (TPSA) is 56.7 Å². The Balaban J connectivity index is 1.64. The van der Waals surface area contributed by atoms with Crippen LogP contribution in [-0.2, 0) is 23.9 Å². The Hall–Kier alpha value is -3.30. The first-order valence-corrected chi connectivity index (χ1v) is 12.1. The first-order chi connectivity index (χ1) is 17.6. The number of anilines is 1. The molecule has 0 bridgehead atoms. The fourth-order valence-corrected chi connectivity index (χ4v) is 4.06. The van der Waals surface area contributed by atoms with Gasteiger partial charge >= 0.3 is 6.18 Å². The van der Waals surface area contributed by atoms with E-state index in [1.807, 2.05) is 11.8 Å². The van der Waals surface area contributed by atoms with Gasteiger partial charge < -0.3 is 10.6 Å². The number of halogens is 4. The van der Waals surface area contributed by atoms with Gasteiger partial charge in [0.1, 0.15) is 5.82 Å². The summed E-state index contributed by atoms with van der Waals surface area (Å²) >= 11 is 0. The van der Waals surface area contributed by atoms with Crippen molar-refractivity contribution >= 4 is 23.4 Å². The third-order valence-corrected chi connectivity index (χ3v) is 6.05. The molecule has 2 N–H and O–H groups in total. The maximum absolute atomic E-state index is 14.7. The standard InChI is InChI=1S/C28H32F4N4O/c1-4-20(17-34-19(2)3)22-6-5-21(26(29)15-22)8-10-27(37)35-24-9-7-23(25(16-24)28(30,31)32)18-36-13-11-33-12-14-36/h4-7,9,15-17,33H,2,8,10-14,18H2,1,3H3,(H,35,37)/b20-4+,34-17?. The Morgan fingerprint density at radius 2 is 1.86 bits per heavy atom. The van der Waals surface area contributed by atoms with Crippen LogP contribution >= 0.6 is 0 Å². The molecule has 37 heavy (non-hydrogen) atoms. The molecule has 0 aromatic heterocycles. The van der Waals surface area contributed by atoms with Crippen LogP contribution in [0.3, 0.4) is 0 Å². The molecule has 0 aliphatic carbocycles. The number of aliphatic imine (C=N–C) groups is 1. The minimum Gasteiger partial charge on any atom is -0.326 e. The molecule has 1 fully saturated rings. The second-order valence-electron chi connectivity index (χ2n) is 8.99. The number of alkyl halides is 3. The quantitative estimate of drug-likeness (QED) is 0.326. The minimum absolute atomic E-state index is 0.0618. The number of nitrogens with zero attached hydrogens (tertiary/aromatic N) is 2. The molecule has 1 heterocycles. The molecular weight excluding hydrogens is 484 g/mol. The summed E-state index contributed by atoms with van der Waals surface area (Å²) in [5, 5.41) is 5.70. The van der Waals surface area contributed by atoms with Crippen LogP contribution in [0, 0.1) is 5.82 Å². The van der Waals surface area contributed by atoms with E-state index in [2.05, 4.69) is 22.2 Å². The minimum atomic E-state index is -4.55. The summed E-state index contributed by atoms with van der Waals surface area (Å²) in [4.78, 5) is 18.6. The van der Waals surface area contributed by atoms with Crippen molar-refractivity contribution in [1.29, 1.82) is 0 Å². The van der Waals surface area contributed by atoms with Gasteiger partial charge in [-0.15, -0.1) is 0 Å². The third-order valence-electron chi connectivity index (χ3n) is 6.05. The van der Waals surface area contributed by atoms with E-state index in [1.165, 1.54) is 18.2 Å². The van der Waals surface area contributed by atoms with Gasteiger partial charge in [0.05, 0.1) is 5.56 Å². The van der Waals surface area contributed by atoms with E-state index in [-0.39, 0.29) is 30.6 Å². The number of nitrogens with one attached hydrogen (secondary N) is 2. The molecule has 5 nitrogen and oxygen atoms in total. The first kappa shape index (κ1) is 28.3. The highest BCUT2D eigenvalue weighted by molar-refractivity contribution is 6.10. The van der Waals surface area contributed by atoms with Gasteiger partial charge in [-0.3, -0.25) is 14.7 Å². The normalized spacial score (nSPS) is 15.2. The molecule has 2 aromatic carbocycles. The predicted molar refractivity (Wildman–Crippen MR) is 140 cm³/mol. The van der Waals surface area contributed by atoms with Gasteiger partial charge in [-0.2, -0.15) is 13.2 Å². The Labute approximate surface area is 215 Å². The molecule has 1 amide bonds. The van der Waals surface area contributed by atoms with Crippen LogP contribution in [0.25, 0.3) is 5.57 Å². The Bertz CT molecular complexity index is 1180. The molecule has 0 spiro atoms. The lowest BCUT2D eigenvalue weighted by atomic mass is 10.0. The van der Waals surface area contributed by atoms with Crippen molar-refractivity contribution in [3.63, 3.8) is 0 Å². The molecule has 1 saturated heterocycles. The average Bonchev–Trinajstić information content (AvgIpc) is 2.84. The van der Waals surface area contributed by atoms with Gasteiger partial charge in [0, 0.05) is 56.7 Å². The summed E-state index contributed by atoms with van der Waals surface area (Å²) in [7, 11) is 0. The van der Waals surface area contributed by atoms with Crippen LogP contribution in [0.15, 0.2) is 59.7 Å². The largest absolute Gasteiger partial charge is 0.416 e. The average molecular weight is 517 g/mol. The number of benzene rings is 2. The van der Waals surface area contributed by atoms with Crippen LogP contribution in [0.1, 0.15) is 42.5 Å². The van der Waals surface area contributed by atoms with Gasteiger partial charge in [0.25, 0.3) is 0 Å².